The average molecular weight is 277 g/mol. The van der Waals surface area contributed by atoms with E-state index >= 15 is 0 Å². The molecule has 0 aliphatic rings. The van der Waals surface area contributed by atoms with Gasteiger partial charge in [-0.3, -0.25) is 0 Å². The van der Waals surface area contributed by atoms with Crippen LogP contribution in [0.3, 0.4) is 0 Å². The second-order valence-electron chi connectivity index (χ2n) is 4.05. The van der Waals surface area contributed by atoms with Gasteiger partial charge in [-0.1, -0.05) is 13.0 Å². The van der Waals surface area contributed by atoms with Gasteiger partial charge < -0.3 is 14.8 Å². The fourth-order valence-corrected chi connectivity index (χ4v) is 1.63. The van der Waals surface area contributed by atoms with E-state index in [1.807, 2.05) is 6.92 Å². The first-order valence-corrected chi connectivity index (χ1v) is 6.31. The van der Waals surface area contributed by atoms with E-state index in [1.54, 1.807) is 12.1 Å². The first-order chi connectivity index (χ1) is 9.74. The quantitative estimate of drug-likeness (QED) is 0.878. The Morgan fingerprint density at radius 1 is 1.30 bits per heavy atom. The molecule has 0 aliphatic carbocycles. The normalized spacial score (nSPS) is 10.2. The molecule has 0 fully saturated rings. The topological polar surface area (TPSA) is 56.3 Å². The number of anilines is 1. The van der Waals surface area contributed by atoms with Gasteiger partial charge in [0.05, 0.1) is 7.11 Å². The summed E-state index contributed by atoms with van der Waals surface area (Å²) in [5, 5.41) is 3.12. The Morgan fingerprint density at radius 3 is 2.85 bits per heavy atom. The summed E-state index contributed by atoms with van der Waals surface area (Å²) in [5.41, 5.74) is 0. The third-order valence-corrected chi connectivity index (χ3v) is 2.53. The molecule has 0 radical (unpaired) electrons. The van der Waals surface area contributed by atoms with Gasteiger partial charge in [0.25, 0.3) is 5.88 Å². The molecule has 0 amide bonds. The van der Waals surface area contributed by atoms with Crippen molar-refractivity contribution < 1.29 is 13.9 Å². The second kappa shape index (κ2) is 6.70. The average Bonchev–Trinajstić information content (AvgIpc) is 2.45. The molecule has 1 N–H and O–H groups in total. The van der Waals surface area contributed by atoms with Crippen LogP contribution < -0.4 is 14.8 Å². The highest BCUT2D eigenvalue weighted by atomic mass is 19.1. The second-order valence-corrected chi connectivity index (χ2v) is 4.05. The maximum atomic E-state index is 13.1. The number of nitrogens with one attached hydrogen (secondary N) is 1. The molecule has 6 heteroatoms. The number of ether oxygens (including phenoxy) is 2. The molecule has 5 nitrogen and oxygen atoms in total. The molecule has 0 saturated heterocycles. The smallest absolute Gasteiger partial charge is 0.268 e. The van der Waals surface area contributed by atoms with Crippen molar-refractivity contribution >= 4 is 5.82 Å². The van der Waals surface area contributed by atoms with Gasteiger partial charge in [-0.05, 0) is 18.6 Å². The molecule has 1 aromatic heterocycles. The zero-order valence-electron chi connectivity index (χ0n) is 11.4. The fraction of sp³-hybridized carbons (Fsp3) is 0.286. The Morgan fingerprint density at radius 2 is 2.15 bits per heavy atom. The molecule has 2 rings (SSSR count). The standard InChI is InChI=1S/C14H16FN3O2/c1-3-7-16-13-12(19-2)14(18-9-17-13)20-11-6-4-5-10(15)8-11/h4-6,8-9H,3,7H2,1-2H3,(H,16,17,18). The Labute approximate surface area is 116 Å². The first-order valence-electron chi connectivity index (χ1n) is 6.31. The highest BCUT2D eigenvalue weighted by Crippen LogP contribution is 2.34. The SMILES string of the molecule is CCCNc1ncnc(Oc2cccc(F)c2)c1OC. The Bertz CT molecular complexity index is 578. The monoisotopic (exact) mass is 277 g/mol. The van der Waals surface area contributed by atoms with E-state index in [-0.39, 0.29) is 11.7 Å². The van der Waals surface area contributed by atoms with E-state index < -0.39 is 0 Å². The molecule has 1 heterocycles. The molecule has 0 aliphatic heterocycles. The molecule has 2 aromatic rings. The summed E-state index contributed by atoms with van der Waals surface area (Å²) >= 11 is 0. The van der Waals surface area contributed by atoms with Crippen LogP contribution in [0.1, 0.15) is 13.3 Å². The van der Waals surface area contributed by atoms with E-state index in [2.05, 4.69) is 15.3 Å². The molecule has 0 spiro atoms. The Balaban J connectivity index is 2.26. The number of halogens is 1. The van der Waals surface area contributed by atoms with E-state index in [1.165, 1.54) is 25.6 Å². The van der Waals surface area contributed by atoms with Crippen LogP contribution in [0.2, 0.25) is 0 Å². The molecular weight excluding hydrogens is 261 g/mol. The summed E-state index contributed by atoms with van der Waals surface area (Å²) in [4.78, 5) is 8.13. The van der Waals surface area contributed by atoms with Gasteiger partial charge in [-0.25, -0.2) is 9.37 Å². The van der Waals surface area contributed by atoms with Crippen molar-refractivity contribution in [1.29, 1.82) is 0 Å². The van der Waals surface area contributed by atoms with Crippen molar-refractivity contribution in [3.05, 3.63) is 36.4 Å². The maximum Gasteiger partial charge on any atom is 0.268 e. The van der Waals surface area contributed by atoms with Gasteiger partial charge in [-0.2, -0.15) is 4.98 Å². The van der Waals surface area contributed by atoms with Crippen LogP contribution in [0.25, 0.3) is 0 Å². The molecule has 0 bridgehead atoms. The van der Waals surface area contributed by atoms with Crippen LogP contribution >= 0.6 is 0 Å². The fourth-order valence-electron chi connectivity index (χ4n) is 1.63. The zero-order valence-corrected chi connectivity index (χ0v) is 11.4. The summed E-state index contributed by atoms with van der Waals surface area (Å²) in [6.07, 6.45) is 2.32. The number of rotatable bonds is 6. The number of hydrogen-bond acceptors (Lipinski definition) is 5. The van der Waals surface area contributed by atoms with Gasteiger partial charge in [0.15, 0.2) is 5.82 Å². The third kappa shape index (κ3) is 3.34. The van der Waals surface area contributed by atoms with Crippen molar-refractivity contribution in [3.63, 3.8) is 0 Å². The highest BCUT2D eigenvalue weighted by Gasteiger charge is 2.14. The maximum absolute atomic E-state index is 13.1. The molecule has 0 unspecified atom stereocenters. The van der Waals surface area contributed by atoms with E-state index in [4.69, 9.17) is 9.47 Å². The zero-order chi connectivity index (χ0) is 14.4. The largest absolute Gasteiger partial charge is 0.489 e. The lowest BCUT2D eigenvalue weighted by molar-refractivity contribution is 0.368. The lowest BCUT2D eigenvalue weighted by atomic mass is 10.3. The van der Waals surface area contributed by atoms with Gasteiger partial charge >= 0.3 is 0 Å². The minimum atomic E-state index is -0.375. The van der Waals surface area contributed by atoms with E-state index in [0.29, 0.717) is 17.3 Å². The van der Waals surface area contributed by atoms with E-state index in [0.717, 1.165) is 13.0 Å². The Hall–Kier alpha value is -2.37. The predicted octanol–water partition coefficient (Wildman–Crippen LogP) is 3.24. The number of hydrogen-bond donors (Lipinski definition) is 1. The van der Waals surface area contributed by atoms with Gasteiger partial charge in [0.2, 0.25) is 5.75 Å². The Kier molecular flexibility index (Phi) is 4.70. The van der Waals surface area contributed by atoms with Crippen molar-refractivity contribution in [3.8, 4) is 17.4 Å². The lowest BCUT2D eigenvalue weighted by Gasteiger charge is -2.13. The predicted molar refractivity (Wildman–Crippen MR) is 73.8 cm³/mol. The van der Waals surface area contributed by atoms with Gasteiger partial charge in [0, 0.05) is 12.6 Å². The highest BCUT2D eigenvalue weighted by molar-refractivity contribution is 5.55. The van der Waals surface area contributed by atoms with Crippen molar-refractivity contribution in [2.75, 3.05) is 19.0 Å². The number of benzene rings is 1. The molecule has 1 aromatic carbocycles. The summed E-state index contributed by atoms with van der Waals surface area (Å²) < 4.78 is 24.0. The van der Waals surface area contributed by atoms with Crippen LogP contribution in [0.15, 0.2) is 30.6 Å². The van der Waals surface area contributed by atoms with Crippen molar-refractivity contribution in [2.45, 2.75) is 13.3 Å². The minimum absolute atomic E-state index is 0.242. The molecule has 0 atom stereocenters. The van der Waals surface area contributed by atoms with Crippen LogP contribution in [0, 0.1) is 5.82 Å². The third-order valence-electron chi connectivity index (χ3n) is 2.53. The summed E-state index contributed by atoms with van der Waals surface area (Å²) in [5.74, 6) is 1.16. The molecular formula is C14H16FN3O2. The van der Waals surface area contributed by atoms with Crippen molar-refractivity contribution in [2.24, 2.45) is 0 Å². The van der Waals surface area contributed by atoms with Crippen LogP contribution in [0.4, 0.5) is 10.2 Å². The van der Waals surface area contributed by atoms with Crippen molar-refractivity contribution in [1.82, 2.24) is 9.97 Å². The van der Waals surface area contributed by atoms with Crippen LogP contribution in [-0.4, -0.2) is 23.6 Å². The minimum Gasteiger partial charge on any atom is -0.489 e. The number of aromatic nitrogens is 2. The molecule has 20 heavy (non-hydrogen) atoms. The lowest BCUT2D eigenvalue weighted by Crippen LogP contribution is -2.05. The summed E-state index contributed by atoms with van der Waals surface area (Å²) in [6, 6.07) is 5.83. The summed E-state index contributed by atoms with van der Waals surface area (Å²) in [7, 11) is 1.51. The molecule has 106 valence electrons. The van der Waals surface area contributed by atoms with E-state index in [9.17, 15) is 4.39 Å². The number of nitrogens with zero attached hydrogens (tertiary/aromatic N) is 2. The van der Waals surface area contributed by atoms with Crippen LogP contribution in [0.5, 0.6) is 17.4 Å². The van der Waals surface area contributed by atoms with Crippen LogP contribution in [-0.2, 0) is 0 Å². The first kappa shape index (κ1) is 14.0. The summed E-state index contributed by atoms with van der Waals surface area (Å²) in [6.45, 7) is 2.80. The van der Waals surface area contributed by atoms with Gasteiger partial charge in [-0.15, -0.1) is 0 Å². The molecule has 0 saturated carbocycles. The van der Waals surface area contributed by atoms with Gasteiger partial charge in [0.1, 0.15) is 17.9 Å². The number of methoxy groups -OCH3 is 1.